The van der Waals surface area contributed by atoms with Gasteiger partial charge in [-0.25, -0.2) is 4.99 Å². The fraction of sp³-hybridized carbons (Fsp3) is 0.222. The zero-order valence-electron chi connectivity index (χ0n) is 13.0. The van der Waals surface area contributed by atoms with Crippen LogP contribution in [0.4, 0.5) is 11.4 Å². The van der Waals surface area contributed by atoms with E-state index in [0.29, 0.717) is 17.7 Å². The number of anilines is 1. The van der Waals surface area contributed by atoms with Crippen LogP contribution in [0, 0.1) is 13.8 Å². The summed E-state index contributed by atoms with van der Waals surface area (Å²) in [6, 6.07) is 12.0. The SMILES string of the molecule is CCC(=O)c1ccc(N=C([O-])Nc2ccc(C)c(C)c2)cc1. The number of nitrogens with zero attached hydrogens (tertiary/aromatic N) is 1. The molecule has 4 heteroatoms. The molecule has 0 aliphatic carbocycles. The number of carbonyl (C=O) groups is 1. The molecule has 0 aliphatic heterocycles. The lowest BCUT2D eigenvalue weighted by molar-refractivity contribution is -0.214. The lowest BCUT2D eigenvalue weighted by Gasteiger charge is -2.14. The number of amidine groups is 1. The van der Waals surface area contributed by atoms with Gasteiger partial charge in [0.1, 0.15) is 0 Å². The highest BCUT2D eigenvalue weighted by Crippen LogP contribution is 2.16. The molecular formula is C18H19N2O2-. The Morgan fingerprint density at radius 2 is 1.77 bits per heavy atom. The molecule has 0 amide bonds. The van der Waals surface area contributed by atoms with Gasteiger partial charge in [-0.15, -0.1) is 0 Å². The van der Waals surface area contributed by atoms with Gasteiger partial charge in [0, 0.05) is 17.7 Å². The van der Waals surface area contributed by atoms with Gasteiger partial charge in [-0.1, -0.05) is 13.0 Å². The highest BCUT2D eigenvalue weighted by atomic mass is 16.3. The van der Waals surface area contributed by atoms with Crippen molar-refractivity contribution in [1.29, 1.82) is 0 Å². The molecule has 0 saturated carbocycles. The molecule has 0 saturated heterocycles. The summed E-state index contributed by atoms with van der Waals surface area (Å²) in [5.41, 5.74) is 4.16. The third-order valence-corrected chi connectivity index (χ3v) is 3.50. The summed E-state index contributed by atoms with van der Waals surface area (Å²) in [5, 5.41) is 14.6. The maximum Gasteiger partial charge on any atom is 0.162 e. The number of ketones is 1. The first-order valence-electron chi connectivity index (χ1n) is 7.23. The van der Waals surface area contributed by atoms with Crippen LogP contribution in [0.25, 0.3) is 0 Å². The number of aryl methyl sites for hydroxylation is 2. The van der Waals surface area contributed by atoms with Crippen molar-refractivity contribution in [3.05, 3.63) is 59.2 Å². The fourth-order valence-electron chi connectivity index (χ4n) is 2.01. The Kier molecular flexibility index (Phi) is 4.94. The maximum atomic E-state index is 11.9. The van der Waals surface area contributed by atoms with Gasteiger partial charge < -0.3 is 10.4 Å². The monoisotopic (exact) mass is 295 g/mol. The van der Waals surface area contributed by atoms with Crippen LogP contribution in [0.2, 0.25) is 0 Å². The number of aliphatic imine (C=N–C) groups is 1. The Bertz CT molecular complexity index is 704. The molecule has 114 valence electrons. The van der Waals surface area contributed by atoms with E-state index < -0.39 is 6.02 Å². The molecule has 1 N–H and O–H groups in total. The second kappa shape index (κ2) is 6.89. The van der Waals surface area contributed by atoms with Gasteiger partial charge in [0.05, 0.1) is 11.7 Å². The predicted molar refractivity (Wildman–Crippen MR) is 87.7 cm³/mol. The standard InChI is InChI=1S/C18H20N2O2/c1-4-17(21)14-6-9-15(10-7-14)19-18(22)20-16-8-5-12(2)13(3)11-16/h5-11H,4H2,1-3H3,(H2,19,20,22)/p-1. The molecule has 0 atom stereocenters. The zero-order valence-corrected chi connectivity index (χ0v) is 13.0. The largest absolute Gasteiger partial charge is 0.846 e. The fourth-order valence-corrected chi connectivity index (χ4v) is 2.01. The highest BCUT2D eigenvalue weighted by molar-refractivity contribution is 5.96. The summed E-state index contributed by atoms with van der Waals surface area (Å²) in [6.45, 7) is 5.83. The van der Waals surface area contributed by atoms with Gasteiger partial charge in [0.2, 0.25) is 0 Å². The van der Waals surface area contributed by atoms with Crippen LogP contribution in [0.5, 0.6) is 0 Å². The van der Waals surface area contributed by atoms with Crippen molar-refractivity contribution in [1.82, 2.24) is 0 Å². The Morgan fingerprint density at radius 1 is 1.09 bits per heavy atom. The highest BCUT2D eigenvalue weighted by Gasteiger charge is 2.02. The molecule has 0 radical (unpaired) electrons. The molecule has 0 bridgehead atoms. The van der Waals surface area contributed by atoms with E-state index >= 15 is 0 Å². The number of hydrogen-bond acceptors (Lipinski definition) is 3. The third kappa shape index (κ3) is 3.95. The van der Waals surface area contributed by atoms with E-state index in [0.717, 1.165) is 11.3 Å². The third-order valence-electron chi connectivity index (χ3n) is 3.50. The average Bonchev–Trinajstić information content (AvgIpc) is 2.51. The number of rotatable bonds is 4. The first-order valence-corrected chi connectivity index (χ1v) is 7.23. The van der Waals surface area contributed by atoms with Crippen LogP contribution in [-0.2, 0) is 0 Å². The van der Waals surface area contributed by atoms with Crippen LogP contribution >= 0.6 is 0 Å². The summed E-state index contributed by atoms with van der Waals surface area (Å²) >= 11 is 0. The minimum Gasteiger partial charge on any atom is -0.846 e. The number of nitrogens with one attached hydrogen (secondary N) is 1. The van der Waals surface area contributed by atoms with E-state index in [2.05, 4.69) is 10.3 Å². The van der Waals surface area contributed by atoms with Crippen LogP contribution in [0.3, 0.4) is 0 Å². The Balaban J connectivity index is 2.11. The molecule has 0 unspecified atom stereocenters. The minimum atomic E-state index is -0.433. The first kappa shape index (κ1) is 15.8. The van der Waals surface area contributed by atoms with E-state index in [4.69, 9.17) is 0 Å². The number of hydrogen-bond donors (Lipinski definition) is 1. The lowest BCUT2D eigenvalue weighted by Crippen LogP contribution is -2.26. The molecule has 4 nitrogen and oxygen atoms in total. The number of carbonyl (C=O) groups excluding carboxylic acids is 1. The summed E-state index contributed by atoms with van der Waals surface area (Å²) in [5.74, 6) is 0.0751. The van der Waals surface area contributed by atoms with Crippen LogP contribution in [0.15, 0.2) is 47.5 Å². The van der Waals surface area contributed by atoms with Gasteiger partial charge >= 0.3 is 0 Å². The van der Waals surface area contributed by atoms with Gasteiger partial charge in [0.25, 0.3) is 0 Å². The first-order chi connectivity index (χ1) is 10.5. The Labute approximate surface area is 130 Å². The van der Waals surface area contributed by atoms with Crippen LogP contribution in [0.1, 0.15) is 34.8 Å². The Hall–Kier alpha value is -2.62. The topological polar surface area (TPSA) is 64.5 Å². The van der Waals surface area contributed by atoms with Crippen molar-refractivity contribution in [2.45, 2.75) is 27.2 Å². The van der Waals surface area contributed by atoms with Crippen molar-refractivity contribution in [2.24, 2.45) is 4.99 Å². The molecular weight excluding hydrogens is 276 g/mol. The maximum absolute atomic E-state index is 11.9. The number of benzene rings is 2. The molecule has 0 heterocycles. The predicted octanol–water partition coefficient (Wildman–Crippen LogP) is 3.36. The van der Waals surface area contributed by atoms with Crippen molar-refractivity contribution in [2.75, 3.05) is 5.32 Å². The van der Waals surface area contributed by atoms with E-state index in [9.17, 15) is 9.90 Å². The normalized spacial score (nSPS) is 11.3. The molecule has 0 fully saturated rings. The van der Waals surface area contributed by atoms with Gasteiger partial charge in [-0.05, 0) is 61.4 Å². The molecule has 0 spiro atoms. The molecule has 2 rings (SSSR count). The van der Waals surface area contributed by atoms with Crippen LogP contribution in [-0.4, -0.2) is 11.8 Å². The Morgan fingerprint density at radius 3 is 2.36 bits per heavy atom. The molecule has 0 aliphatic rings. The van der Waals surface area contributed by atoms with Gasteiger partial charge in [-0.3, -0.25) is 4.79 Å². The van der Waals surface area contributed by atoms with Crippen molar-refractivity contribution < 1.29 is 9.90 Å². The van der Waals surface area contributed by atoms with Gasteiger partial charge in [0.15, 0.2) is 5.78 Å². The lowest BCUT2D eigenvalue weighted by atomic mass is 10.1. The van der Waals surface area contributed by atoms with Crippen molar-refractivity contribution in [3.8, 4) is 0 Å². The second-order valence-electron chi connectivity index (χ2n) is 5.16. The van der Waals surface area contributed by atoms with E-state index in [1.165, 1.54) is 5.56 Å². The summed E-state index contributed by atoms with van der Waals surface area (Å²) in [4.78, 5) is 15.5. The molecule has 2 aromatic carbocycles. The van der Waals surface area contributed by atoms with Crippen molar-refractivity contribution in [3.63, 3.8) is 0 Å². The van der Waals surface area contributed by atoms with Crippen LogP contribution < -0.4 is 10.4 Å². The zero-order chi connectivity index (χ0) is 16.1. The quantitative estimate of drug-likeness (QED) is 0.534. The van der Waals surface area contributed by atoms with E-state index in [-0.39, 0.29) is 5.78 Å². The van der Waals surface area contributed by atoms with E-state index in [1.54, 1.807) is 24.3 Å². The summed E-state index contributed by atoms with van der Waals surface area (Å²) in [7, 11) is 0. The second-order valence-corrected chi connectivity index (χ2v) is 5.16. The van der Waals surface area contributed by atoms with Gasteiger partial charge in [-0.2, -0.15) is 0 Å². The summed E-state index contributed by atoms with van der Waals surface area (Å²) < 4.78 is 0. The minimum absolute atomic E-state index is 0.0751. The smallest absolute Gasteiger partial charge is 0.162 e. The molecule has 0 aromatic heterocycles. The van der Waals surface area contributed by atoms with E-state index in [1.807, 2.05) is 39.0 Å². The number of Topliss-reactive ketones (excluding diaryl/α,β-unsaturated/α-hetero) is 1. The molecule has 22 heavy (non-hydrogen) atoms. The summed E-state index contributed by atoms with van der Waals surface area (Å²) in [6.07, 6.45) is 0.462. The van der Waals surface area contributed by atoms with Crippen molar-refractivity contribution >= 4 is 23.2 Å². The average molecular weight is 295 g/mol. The molecule has 2 aromatic rings.